The lowest BCUT2D eigenvalue weighted by atomic mass is 9.99. The molecule has 1 amide bonds. The van der Waals surface area contributed by atoms with Gasteiger partial charge in [-0.2, -0.15) is 0 Å². The lowest BCUT2D eigenvalue weighted by molar-refractivity contribution is -0.132. The summed E-state index contributed by atoms with van der Waals surface area (Å²) in [5.41, 5.74) is 3.59. The quantitative estimate of drug-likeness (QED) is 0.830. The van der Waals surface area contributed by atoms with Crippen LogP contribution in [-0.2, 0) is 17.8 Å². The van der Waals surface area contributed by atoms with Gasteiger partial charge < -0.3 is 10.2 Å². The van der Waals surface area contributed by atoms with E-state index in [1.54, 1.807) is 18.6 Å². The van der Waals surface area contributed by atoms with Crippen LogP contribution in [0.2, 0.25) is 0 Å². The predicted octanol–water partition coefficient (Wildman–Crippen LogP) is 2.49. The molecule has 0 radical (unpaired) electrons. The van der Waals surface area contributed by atoms with Crippen molar-refractivity contribution in [1.82, 2.24) is 20.2 Å². The molecule has 0 saturated heterocycles. The number of aromatic nitrogens is 2. The third kappa shape index (κ3) is 4.17. The van der Waals surface area contributed by atoms with Crippen LogP contribution in [0.4, 0.5) is 0 Å². The van der Waals surface area contributed by atoms with Crippen molar-refractivity contribution in [3.05, 3.63) is 59.7 Å². The van der Waals surface area contributed by atoms with Gasteiger partial charge in [0, 0.05) is 44.1 Å². The zero-order chi connectivity index (χ0) is 16.8. The van der Waals surface area contributed by atoms with E-state index in [4.69, 9.17) is 0 Å². The highest BCUT2D eigenvalue weighted by Crippen LogP contribution is 2.19. The molecule has 24 heavy (non-hydrogen) atoms. The first kappa shape index (κ1) is 16.6. The Hall–Kier alpha value is -2.27. The van der Waals surface area contributed by atoms with Crippen LogP contribution in [0, 0.1) is 0 Å². The summed E-state index contributed by atoms with van der Waals surface area (Å²) in [5, 5.41) is 3.40. The van der Waals surface area contributed by atoms with E-state index < -0.39 is 0 Å². The van der Waals surface area contributed by atoms with Crippen LogP contribution in [-0.4, -0.2) is 33.9 Å². The average molecular weight is 324 g/mol. The maximum Gasteiger partial charge on any atom is 0.222 e. The van der Waals surface area contributed by atoms with Crippen molar-refractivity contribution in [2.24, 2.45) is 0 Å². The first-order valence-corrected chi connectivity index (χ1v) is 8.58. The number of hydrogen-bond donors (Lipinski definition) is 1. The predicted molar refractivity (Wildman–Crippen MR) is 93.2 cm³/mol. The van der Waals surface area contributed by atoms with Crippen molar-refractivity contribution in [2.45, 2.75) is 38.8 Å². The molecule has 2 aromatic rings. The number of carbonyl (C=O) groups excluding carboxylic acids is 1. The van der Waals surface area contributed by atoms with Crippen LogP contribution in [0.15, 0.2) is 42.9 Å². The van der Waals surface area contributed by atoms with Gasteiger partial charge in [0.15, 0.2) is 0 Å². The Kier molecular flexibility index (Phi) is 5.54. The number of hydrogen-bond acceptors (Lipinski definition) is 4. The van der Waals surface area contributed by atoms with Gasteiger partial charge in [-0.25, -0.2) is 0 Å². The van der Waals surface area contributed by atoms with E-state index in [2.05, 4.69) is 40.4 Å². The number of carbonyl (C=O) groups is 1. The molecular weight excluding hydrogens is 300 g/mol. The lowest BCUT2D eigenvalue weighted by Crippen LogP contribution is -2.36. The van der Waals surface area contributed by atoms with E-state index in [1.165, 1.54) is 11.1 Å². The molecule has 1 aromatic carbocycles. The van der Waals surface area contributed by atoms with Crippen molar-refractivity contribution in [1.29, 1.82) is 0 Å². The Morgan fingerprint density at radius 2 is 2.12 bits per heavy atom. The van der Waals surface area contributed by atoms with Gasteiger partial charge in [-0.3, -0.25) is 14.8 Å². The molecule has 3 rings (SSSR count). The minimum Gasteiger partial charge on any atom is -0.338 e. The number of benzene rings is 1. The van der Waals surface area contributed by atoms with E-state index in [-0.39, 0.29) is 11.9 Å². The van der Waals surface area contributed by atoms with Crippen LogP contribution >= 0.6 is 0 Å². The summed E-state index contributed by atoms with van der Waals surface area (Å²) in [6.45, 7) is 4.44. The normalized spacial score (nSPS) is 15.0. The van der Waals surface area contributed by atoms with Gasteiger partial charge in [0.05, 0.1) is 5.69 Å². The lowest BCUT2D eigenvalue weighted by Gasteiger charge is -2.29. The molecule has 5 heteroatoms. The van der Waals surface area contributed by atoms with Crippen molar-refractivity contribution in [3.8, 4) is 0 Å². The van der Waals surface area contributed by atoms with Gasteiger partial charge in [0.25, 0.3) is 0 Å². The van der Waals surface area contributed by atoms with Gasteiger partial charge in [-0.05, 0) is 37.4 Å². The smallest absolute Gasteiger partial charge is 0.222 e. The fourth-order valence-electron chi connectivity index (χ4n) is 3.06. The van der Waals surface area contributed by atoms with Crippen LogP contribution in [0.3, 0.4) is 0 Å². The molecule has 0 spiro atoms. The van der Waals surface area contributed by atoms with Crippen molar-refractivity contribution < 1.29 is 4.79 Å². The average Bonchev–Trinajstić information content (AvgIpc) is 2.65. The fraction of sp³-hybridized carbons (Fsp3) is 0.421. The molecule has 5 nitrogen and oxygen atoms in total. The maximum absolute atomic E-state index is 12.4. The molecule has 0 unspecified atom stereocenters. The minimum absolute atomic E-state index is 0.149. The highest BCUT2D eigenvalue weighted by Gasteiger charge is 2.19. The number of amides is 1. The van der Waals surface area contributed by atoms with Crippen LogP contribution in [0.25, 0.3) is 0 Å². The van der Waals surface area contributed by atoms with E-state index in [0.29, 0.717) is 6.42 Å². The number of nitrogens with zero attached hydrogens (tertiary/aromatic N) is 3. The zero-order valence-corrected chi connectivity index (χ0v) is 14.1. The summed E-state index contributed by atoms with van der Waals surface area (Å²) >= 11 is 0. The first-order chi connectivity index (χ1) is 11.7. The van der Waals surface area contributed by atoms with Gasteiger partial charge in [-0.1, -0.05) is 24.3 Å². The molecule has 1 atom stereocenters. The van der Waals surface area contributed by atoms with Crippen molar-refractivity contribution in [3.63, 3.8) is 0 Å². The Morgan fingerprint density at radius 3 is 2.92 bits per heavy atom. The molecule has 0 fully saturated rings. The molecule has 1 aliphatic heterocycles. The molecule has 0 aliphatic carbocycles. The van der Waals surface area contributed by atoms with Gasteiger partial charge in [-0.15, -0.1) is 0 Å². The fourth-order valence-corrected chi connectivity index (χ4v) is 3.06. The molecular formula is C19H24N4O. The molecule has 0 saturated carbocycles. The Balaban J connectivity index is 1.40. The van der Waals surface area contributed by atoms with E-state index in [1.807, 2.05) is 11.0 Å². The molecule has 1 aliphatic rings. The first-order valence-electron chi connectivity index (χ1n) is 8.58. The summed E-state index contributed by atoms with van der Waals surface area (Å²) in [6, 6.07) is 8.55. The summed E-state index contributed by atoms with van der Waals surface area (Å²) < 4.78 is 0. The number of nitrogens with one attached hydrogen (secondary N) is 1. The number of rotatable bonds is 6. The van der Waals surface area contributed by atoms with Crippen molar-refractivity contribution in [2.75, 3.05) is 13.1 Å². The SMILES string of the molecule is C[C@H](NCCCC(=O)N1CCc2ccccc2C1)c1cnccn1. The van der Waals surface area contributed by atoms with Crippen molar-refractivity contribution >= 4 is 5.91 Å². The summed E-state index contributed by atoms with van der Waals surface area (Å²) in [5.74, 6) is 0.249. The highest BCUT2D eigenvalue weighted by molar-refractivity contribution is 5.76. The minimum atomic E-state index is 0.149. The molecule has 1 aromatic heterocycles. The molecule has 0 bridgehead atoms. The summed E-state index contributed by atoms with van der Waals surface area (Å²) in [7, 11) is 0. The van der Waals surface area contributed by atoms with Gasteiger partial charge in [0.2, 0.25) is 5.91 Å². The van der Waals surface area contributed by atoms with E-state index >= 15 is 0 Å². The van der Waals surface area contributed by atoms with Crippen LogP contribution in [0.5, 0.6) is 0 Å². The van der Waals surface area contributed by atoms with Gasteiger partial charge >= 0.3 is 0 Å². The zero-order valence-electron chi connectivity index (χ0n) is 14.1. The molecule has 1 N–H and O–H groups in total. The molecule has 126 valence electrons. The third-order valence-electron chi connectivity index (χ3n) is 4.53. The van der Waals surface area contributed by atoms with E-state index in [9.17, 15) is 4.79 Å². The Bertz CT molecular complexity index is 674. The van der Waals surface area contributed by atoms with Crippen LogP contribution in [0.1, 0.15) is 42.6 Å². The second-order valence-corrected chi connectivity index (χ2v) is 6.24. The van der Waals surface area contributed by atoms with Gasteiger partial charge in [0.1, 0.15) is 0 Å². The topological polar surface area (TPSA) is 58.1 Å². The van der Waals surface area contributed by atoms with E-state index in [0.717, 1.165) is 38.2 Å². The largest absolute Gasteiger partial charge is 0.338 e. The summed E-state index contributed by atoms with van der Waals surface area (Å²) in [6.07, 6.45) is 7.53. The second kappa shape index (κ2) is 8.02. The van der Waals surface area contributed by atoms with Crippen LogP contribution < -0.4 is 5.32 Å². The Labute approximate surface area is 143 Å². The number of fused-ring (bicyclic) bond motifs is 1. The summed E-state index contributed by atoms with van der Waals surface area (Å²) in [4.78, 5) is 22.7. The third-order valence-corrected chi connectivity index (χ3v) is 4.53. The molecule has 2 heterocycles. The second-order valence-electron chi connectivity index (χ2n) is 6.24. The Morgan fingerprint density at radius 1 is 1.29 bits per heavy atom. The monoisotopic (exact) mass is 324 g/mol. The standard InChI is InChI=1S/C19H24N4O/c1-15(18-13-20-10-11-22-18)21-9-4-7-19(24)23-12-8-16-5-2-3-6-17(16)14-23/h2-3,5-6,10-11,13,15,21H,4,7-9,12,14H2,1H3/t15-/m0/s1. The highest BCUT2D eigenvalue weighted by atomic mass is 16.2. The maximum atomic E-state index is 12.4.